The van der Waals surface area contributed by atoms with Gasteiger partial charge in [-0.05, 0) is 24.3 Å². The molecule has 23 heavy (non-hydrogen) atoms. The number of carbonyl (C=O) groups excluding carboxylic acids is 1. The van der Waals surface area contributed by atoms with Gasteiger partial charge in [0, 0.05) is 17.8 Å². The van der Waals surface area contributed by atoms with Crippen LogP contribution >= 0.6 is 0 Å². The van der Waals surface area contributed by atoms with Gasteiger partial charge in [0.1, 0.15) is 11.7 Å². The van der Waals surface area contributed by atoms with E-state index in [1.54, 1.807) is 29.2 Å². The van der Waals surface area contributed by atoms with Crippen LogP contribution in [0.1, 0.15) is 37.3 Å². The lowest BCUT2D eigenvalue weighted by atomic mass is 9.92. The average molecular weight is 309 g/mol. The van der Waals surface area contributed by atoms with Crippen LogP contribution in [0.4, 0.5) is 0 Å². The Hall–Kier alpha value is -2.76. The largest absolute Gasteiger partial charge is 0.330 e. The van der Waals surface area contributed by atoms with E-state index in [-0.39, 0.29) is 17.5 Å². The summed E-state index contributed by atoms with van der Waals surface area (Å²) in [7, 11) is 0. The Labute approximate surface area is 134 Å². The maximum atomic E-state index is 12.5. The maximum Gasteiger partial charge on any atom is 0.254 e. The lowest BCUT2D eigenvalue weighted by Crippen LogP contribution is -2.41. The molecular formula is C17H19N5O. The van der Waals surface area contributed by atoms with Gasteiger partial charge in [-0.25, -0.2) is 4.68 Å². The fourth-order valence-electron chi connectivity index (χ4n) is 2.43. The van der Waals surface area contributed by atoms with E-state index in [4.69, 9.17) is 0 Å². The summed E-state index contributed by atoms with van der Waals surface area (Å²) in [5.41, 5.74) is 1.97. The van der Waals surface area contributed by atoms with E-state index in [2.05, 4.69) is 41.4 Å². The van der Waals surface area contributed by atoms with Gasteiger partial charge >= 0.3 is 0 Å². The van der Waals surface area contributed by atoms with Gasteiger partial charge in [-0.3, -0.25) is 9.78 Å². The van der Waals surface area contributed by atoms with E-state index in [9.17, 15) is 4.79 Å². The van der Waals surface area contributed by atoms with Crippen LogP contribution in [0.15, 0.2) is 48.8 Å². The van der Waals surface area contributed by atoms with Gasteiger partial charge in [0.15, 0.2) is 0 Å². The maximum absolute atomic E-state index is 12.5. The van der Waals surface area contributed by atoms with Gasteiger partial charge in [0.2, 0.25) is 0 Å². The third-order valence-corrected chi connectivity index (χ3v) is 3.63. The number of aromatic nitrogens is 4. The van der Waals surface area contributed by atoms with E-state index in [0.717, 1.165) is 11.0 Å². The molecule has 0 aliphatic heterocycles. The zero-order valence-electron chi connectivity index (χ0n) is 13.4. The number of para-hydroxylation sites is 1. The van der Waals surface area contributed by atoms with E-state index in [1.807, 2.05) is 24.3 Å². The SMILES string of the molecule is CC(C)(C)C(NC(=O)c1cccnc1)n1nnc2ccccc21. The summed E-state index contributed by atoms with van der Waals surface area (Å²) in [4.78, 5) is 16.5. The normalized spacial score (nSPS) is 13.0. The first-order chi connectivity index (χ1) is 11.0. The zero-order valence-corrected chi connectivity index (χ0v) is 13.4. The summed E-state index contributed by atoms with van der Waals surface area (Å²) < 4.78 is 1.77. The second kappa shape index (κ2) is 5.79. The first-order valence-electron chi connectivity index (χ1n) is 7.47. The number of carbonyl (C=O) groups is 1. The Kier molecular flexibility index (Phi) is 3.82. The summed E-state index contributed by atoms with van der Waals surface area (Å²) in [5.74, 6) is -0.183. The quantitative estimate of drug-likeness (QED) is 0.807. The van der Waals surface area contributed by atoms with Gasteiger partial charge in [0.05, 0.1) is 11.1 Å². The molecule has 0 radical (unpaired) electrons. The second-order valence-corrected chi connectivity index (χ2v) is 6.51. The molecule has 0 fully saturated rings. The van der Waals surface area contributed by atoms with Gasteiger partial charge < -0.3 is 5.32 Å². The zero-order chi connectivity index (χ0) is 16.4. The van der Waals surface area contributed by atoms with Crippen molar-refractivity contribution in [2.75, 3.05) is 0 Å². The van der Waals surface area contributed by atoms with E-state index in [1.165, 1.54) is 0 Å². The summed E-state index contributed by atoms with van der Waals surface area (Å²) in [6.07, 6.45) is 2.86. The van der Waals surface area contributed by atoms with Crippen LogP contribution in [0.5, 0.6) is 0 Å². The molecule has 6 nitrogen and oxygen atoms in total. The number of benzene rings is 1. The molecule has 0 spiro atoms. The highest BCUT2D eigenvalue weighted by molar-refractivity contribution is 5.94. The predicted octanol–water partition coefficient (Wildman–Crippen LogP) is 2.80. The summed E-state index contributed by atoms with van der Waals surface area (Å²) >= 11 is 0. The predicted molar refractivity (Wildman–Crippen MR) is 87.7 cm³/mol. The molecule has 3 rings (SSSR count). The molecule has 1 amide bonds. The molecule has 3 aromatic rings. The molecule has 1 unspecified atom stereocenters. The van der Waals surface area contributed by atoms with Crippen molar-refractivity contribution in [1.82, 2.24) is 25.3 Å². The van der Waals surface area contributed by atoms with Gasteiger partial charge in [-0.15, -0.1) is 5.10 Å². The fourth-order valence-corrected chi connectivity index (χ4v) is 2.43. The third-order valence-electron chi connectivity index (χ3n) is 3.63. The van der Waals surface area contributed by atoms with Crippen molar-refractivity contribution < 1.29 is 4.79 Å². The highest BCUT2D eigenvalue weighted by atomic mass is 16.1. The Bertz CT molecular complexity index is 820. The minimum atomic E-state index is -0.331. The molecule has 2 heterocycles. The molecule has 0 bridgehead atoms. The first-order valence-corrected chi connectivity index (χ1v) is 7.47. The summed E-state index contributed by atoms with van der Waals surface area (Å²) in [6, 6.07) is 11.2. The number of nitrogens with zero attached hydrogens (tertiary/aromatic N) is 4. The summed E-state index contributed by atoms with van der Waals surface area (Å²) in [5, 5.41) is 11.5. The minimum Gasteiger partial charge on any atom is -0.330 e. The van der Waals surface area contributed by atoms with Crippen molar-refractivity contribution in [2.24, 2.45) is 5.41 Å². The van der Waals surface area contributed by atoms with Crippen molar-refractivity contribution in [3.05, 3.63) is 54.4 Å². The van der Waals surface area contributed by atoms with Crippen LogP contribution in [-0.2, 0) is 0 Å². The third kappa shape index (κ3) is 3.06. The van der Waals surface area contributed by atoms with Crippen LogP contribution < -0.4 is 5.32 Å². The van der Waals surface area contributed by atoms with Crippen molar-refractivity contribution in [3.63, 3.8) is 0 Å². The number of nitrogens with one attached hydrogen (secondary N) is 1. The lowest BCUT2D eigenvalue weighted by Gasteiger charge is -2.31. The van der Waals surface area contributed by atoms with E-state index < -0.39 is 0 Å². The van der Waals surface area contributed by atoms with Crippen LogP contribution in [0.25, 0.3) is 11.0 Å². The Morgan fingerprint density at radius 3 is 2.65 bits per heavy atom. The molecular weight excluding hydrogens is 290 g/mol. The molecule has 0 aliphatic carbocycles. The molecule has 6 heteroatoms. The molecule has 1 N–H and O–H groups in total. The van der Waals surface area contributed by atoms with E-state index >= 15 is 0 Å². The van der Waals surface area contributed by atoms with Gasteiger partial charge in [-0.1, -0.05) is 38.1 Å². The highest BCUT2D eigenvalue weighted by Crippen LogP contribution is 2.30. The van der Waals surface area contributed by atoms with Crippen LogP contribution in [0.3, 0.4) is 0 Å². The fraction of sp³-hybridized carbons (Fsp3) is 0.294. The van der Waals surface area contributed by atoms with E-state index in [0.29, 0.717) is 5.56 Å². The molecule has 1 atom stereocenters. The molecule has 118 valence electrons. The number of hydrogen-bond acceptors (Lipinski definition) is 4. The van der Waals surface area contributed by atoms with Crippen molar-refractivity contribution in [3.8, 4) is 0 Å². The van der Waals surface area contributed by atoms with Crippen LogP contribution in [0, 0.1) is 5.41 Å². The monoisotopic (exact) mass is 309 g/mol. The van der Waals surface area contributed by atoms with Crippen LogP contribution in [-0.4, -0.2) is 25.9 Å². The number of pyridine rings is 1. The molecule has 0 saturated heterocycles. The number of rotatable bonds is 3. The second-order valence-electron chi connectivity index (χ2n) is 6.51. The Morgan fingerprint density at radius 2 is 1.96 bits per heavy atom. The highest BCUT2D eigenvalue weighted by Gasteiger charge is 2.30. The molecule has 2 aromatic heterocycles. The lowest BCUT2D eigenvalue weighted by molar-refractivity contribution is 0.0843. The van der Waals surface area contributed by atoms with Crippen molar-refractivity contribution in [1.29, 1.82) is 0 Å². The summed E-state index contributed by atoms with van der Waals surface area (Å²) in [6.45, 7) is 6.16. The smallest absolute Gasteiger partial charge is 0.254 e. The minimum absolute atomic E-state index is 0.183. The topological polar surface area (TPSA) is 72.7 Å². The molecule has 1 aromatic carbocycles. The standard InChI is InChI=1S/C17H19N5O/c1-17(2,3)16(19-15(23)12-7-6-10-18-11-12)22-14-9-5-4-8-13(14)20-21-22/h4-11,16H,1-3H3,(H,19,23). The number of hydrogen-bond donors (Lipinski definition) is 1. The van der Waals surface area contributed by atoms with Crippen LogP contribution in [0.2, 0.25) is 0 Å². The average Bonchev–Trinajstić information content (AvgIpc) is 2.96. The number of fused-ring (bicyclic) bond motifs is 1. The van der Waals surface area contributed by atoms with Crippen molar-refractivity contribution in [2.45, 2.75) is 26.9 Å². The van der Waals surface area contributed by atoms with Gasteiger partial charge in [-0.2, -0.15) is 0 Å². The molecule has 0 aliphatic rings. The van der Waals surface area contributed by atoms with Gasteiger partial charge in [0.25, 0.3) is 5.91 Å². The first kappa shape index (κ1) is 15.1. The van der Waals surface area contributed by atoms with Crippen molar-refractivity contribution >= 4 is 16.9 Å². The number of amides is 1. The Balaban J connectivity index is 1.98. The molecule has 0 saturated carbocycles. The Morgan fingerprint density at radius 1 is 1.17 bits per heavy atom.